The van der Waals surface area contributed by atoms with Crippen LogP contribution in [-0.4, -0.2) is 45.4 Å². The first-order valence-electron chi connectivity index (χ1n) is 10.4. The van der Waals surface area contributed by atoms with E-state index < -0.39 is 17.8 Å². The van der Waals surface area contributed by atoms with Crippen LogP contribution in [0.1, 0.15) is 37.0 Å². The summed E-state index contributed by atoms with van der Waals surface area (Å²) in [6, 6.07) is 7.66. The zero-order valence-corrected chi connectivity index (χ0v) is 21.1. The van der Waals surface area contributed by atoms with Crippen molar-refractivity contribution in [2.45, 2.75) is 32.2 Å². The number of esters is 1. The normalized spacial score (nSPS) is 10.6. The van der Waals surface area contributed by atoms with E-state index in [1.54, 1.807) is 17.6 Å². The van der Waals surface area contributed by atoms with Gasteiger partial charge in [-0.15, -0.1) is 28.1 Å². The lowest BCUT2D eigenvalue weighted by atomic mass is 10.1. The third kappa shape index (κ3) is 6.28. The lowest BCUT2D eigenvalue weighted by molar-refractivity contribution is -0.113. The second-order valence-electron chi connectivity index (χ2n) is 7.35. The maximum absolute atomic E-state index is 12.7. The molecule has 0 aliphatic carbocycles. The number of amides is 2. The van der Waals surface area contributed by atoms with Gasteiger partial charge in [0.2, 0.25) is 5.91 Å². The summed E-state index contributed by atoms with van der Waals surface area (Å²) < 4.78 is 12.4. The van der Waals surface area contributed by atoms with E-state index in [0.717, 1.165) is 16.9 Å². The van der Waals surface area contributed by atoms with Gasteiger partial charge in [0.1, 0.15) is 17.4 Å². The van der Waals surface area contributed by atoms with Crippen LogP contribution in [0.3, 0.4) is 0 Å². The van der Waals surface area contributed by atoms with Crippen molar-refractivity contribution in [1.82, 2.24) is 14.8 Å². The molecule has 3 aromatic rings. The first-order valence-corrected chi connectivity index (χ1v) is 12.2. The largest absolute Gasteiger partial charge is 0.486 e. The highest BCUT2D eigenvalue weighted by Gasteiger charge is 2.25. The minimum atomic E-state index is -0.689. The average Bonchev–Trinajstić information content (AvgIpc) is 3.37. The number of hydrogen-bond acceptors (Lipinski definition) is 9. The molecule has 0 fully saturated rings. The number of nitrogens with zero attached hydrogens (tertiary/aromatic N) is 3. The SMILES string of the molecule is C=CCn1c(COc2ccc(C)cc2)nnc1SCC(=O)Nc1sc(C(N)=O)c(C)c1C(=O)OC. The second-order valence-corrected chi connectivity index (χ2v) is 9.32. The molecule has 2 amide bonds. The molecule has 0 bridgehead atoms. The Kier molecular flexibility index (Phi) is 8.66. The van der Waals surface area contributed by atoms with Gasteiger partial charge in [0, 0.05) is 6.54 Å². The number of allylic oxidation sites excluding steroid dienone is 1. The predicted molar refractivity (Wildman–Crippen MR) is 134 cm³/mol. The van der Waals surface area contributed by atoms with E-state index in [2.05, 4.69) is 22.1 Å². The molecule has 0 saturated heterocycles. The van der Waals surface area contributed by atoms with Gasteiger partial charge in [-0.1, -0.05) is 35.5 Å². The molecule has 184 valence electrons. The molecule has 0 aliphatic heterocycles. The summed E-state index contributed by atoms with van der Waals surface area (Å²) in [5, 5.41) is 11.7. The molecule has 0 radical (unpaired) electrons. The molecule has 0 spiro atoms. The quantitative estimate of drug-likeness (QED) is 0.225. The fourth-order valence-electron chi connectivity index (χ4n) is 3.10. The van der Waals surface area contributed by atoms with Gasteiger partial charge in [-0.2, -0.15) is 0 Å². The average molecular weight is 516 g/mol. The van der Waals surface area contributed by atoms with Gasteiger partial charge < -0.3 is 20.5 Å². The monoisotopic (exact) mass is 515 g/mol. The molecular weight excluding hydrogens is 490 g/mol. The minimum absolute atomic E-state index is 0.0163. The fourth-order valence-corrected chi connectivity index (χ4v) is 4.93. The summed E-state index contributed by atoms with van der Waals surface area (Å²) in [6.07, 6.45) is 1.70. The second kappa shape index (κ2) is 11.7. The van der Waals surface area contributed by atoms with Crippen molar-refractivity contribution in [2.75, 3.05) is 18.2 Å². The summed E-state index contributed by atoms with van der Waals surface area (Å²) >= 11 is 2.10. The molecule has 10 nitrogen and oxygen atoms in total. The molecular formula is C23H25N5O5S2. The highest BCUT2D eigenvalue weighted by atomic mass is 32.2. The Bertz CT molecular complexity index is 1250. The van der Waals surface area contributed by atoms with Crippen LogP contribution in [0.25, 0.3) is 0 Å². The number of thioether (sulfide) groups is 1. The van der Waals surface area contributed by atoms with Crippen LogP contribution < -0.4 is 15.8 Å². The fraction of sp³-hybridized carbons (Fsp3) is 0.261. The van der Waals surface area contributed by atoms with E-state index in [9.17, 15) is 14.4 Å². The predicted octanol–water partition coefficient (Wildman–Crippen LogP) is 3.34. The number of rotatable bonds is 11. The number of nitrogens with one attached hydrogen (secondary N) is 1. The molecule has 0 unspecified atom stereocenters. The Balaban J connectivity index is 1.69. The van der Waals surface area contributed by atoms with E-state index in [-0.39, 0.29) is 27.8 Å². The van der Waals surface area contributed by atoms with Crippen LogP contribution in [0, 0.1) is 13.8 Å². The van der Waals surface area contributed by atoms with Crippen LogP contribution in [0.15, 0.2) is 42.1 Å². The number of benzene rings is 1. The number of aryl methyl sites for hydroxylation is 1. The topological polar surface area (TPSA) is 138 Å². The maximum atomic E-state index is 12.7. The van der Waals surface area contributed by atoms with Crippen molar-refractivity contribution in [2.24, 2.45) is 5.73 Å². The Labute approximate surface area is 210 Å². The van der Waals surface area contributed by atoms with Gasteiger partial charge >= 0.3 is 5.97 Å². The van der Waals surface area contributed by atoms with Crippen LogP contribution in [0.4, 0.5) is 5.00 Å². The van der Waals surface area contributed by atoms with E-state index >= 15 is 0 Å². The van der Waals surface area contributed by atoms with Crippen LogP contribution in [-0.2, 0) is 22.7 Å². The Morgan fingerprint density at radius 3 is 2.57 bits per heavy atom. The number of methoxy groups -OCH3 is 1. The highest BCUT2D eigenvalue weighted by Crippen LogP contribution is 2.33. The standard InChI is InChI=1S/C23H25N5O5S2/c1-5-10-28-16(11-33-15-8-6-13(2)7-9-15)26-27-23(28)34-12-17(29)25-21-18(22(31)32-4)14(3)19(35-21)20(24)30/h5-9H,1,10-12H2,2-4H3,(H2,24,30)(H,25,29). The van der Waals surface area contributed by atoms with Gasteiger partial charge in [0.15, 0.2) is 11.0 Å². The number of thiophene rings is 1. The van der Waals surface area contributed by atoms with E-state index in [1.165, 1.54) is 18.9 Å². The van der Waals surface area contributed by atoms with Crippen molar-refractivity contribution < 1.29 is 23.9 Å². The molecule has 0 saturated carbocycles. The van der Waals surface area contributed by atoms with Crippen LogP contribution in [0.2, 0.25) is 0 Å². The Morgan fingerprint density at radius 1 is 1.23 bits per heavy atom. The number of carbonyl (C=O) groups is 3. The Hall–Kier alpha value is -3.64. The molecule has 1 aromatic carbocycles. The van der Waals surface area contributed by atoms with Crippen molar-refractivity contribution >= 4 is 45.9 Å². The summed E-state index contributed by atoms with van der Waals surface area (Å²) in [5.74, 6) is -0.481. The number of primary amides is 1. The zero-order valence-electron chi connectivity index (χ0n) is 19.5. The maximum Gasteiger partial charge on any atom is 0.341 e. The van der Waals surface area contributed by atoms with Crippen molar-refractivity contribution in [3.63, 3.8) is 0 Å². The van der Waals surface area contributed by atoms with Crippen molar-refractivity contribution in [3.05, 3.63) is 64.3 Å². The molecule has 35 heavy (non-hydrogen) atoms. The van der Waals surface area contributed by atoms with Gasteiger partial charge in [-0.25, -0.2) is 4.79 Å². The minimum Gasteiger partial charge on any atom is -0.486 e. The molecule has 0 aliphatic rings. The number of anilines is 1. The van der Waals surface area contributed by atoms with E-state index in [0.29, 0.717) is 28.8 Å². The third-order valence-corrected chi connectivity index (χ3v) is 7.03. The van der Waals surface area contributed by atoms with Gasteiger partial charge in [0.05, 0.1) is 23.3 Å². The van der Waals surface area contributed by atoms with Gasteiger partial charge in [-0.3, -0.25) is 14.2 Å². The molecule has 12 heteroatoms. The lowest BCUT2D eigenvalue weighted by Gasteiger charge is -2.09. The van der Waals surface area contributed by atoms with Crippen LogP contribution in [0.5, 0.6) is 5.75 Å². The summed E-state index contributed by atoms with van der Waals surface area (Å²) in [5.41, 5.74) is 6.99. The number of aromatic nitrogens is 3. The van der Waals surface area contributed by atoms with E-state index in [4.69, 9.17) is 15.2 Å². The van der Waals surface area contributed by atoms with Crippen molar-refractivity contribution in [1.29, 1.82) is 0 Å². The molecule has 2 heterocycles. The van der Waals surface area contributed by atoms with E-state index in [1.807, 2.05) is 31.2 Å². The zero-order chi connectivity index (χ0) is 25.5. The summed E-state index contributed by atoms with van der Waals surface area (Å²) in [6.45, 7) is 7.97. The first-order chi connectivity index (χ1) is 16.7. The number of nitrogens with two attached hydrogens (primary N) is 1. The number of hydrogen-bond donors (Lipinski definition) is 2. The smallest absolute Gasteiger partial charge is 0.341 e. The van der Waals surface area contributed by atoms with Crippen LogP contribution >= 0.6 is 23.1 Å². The van der Waals surface area contributed by atoms with Crippen molar-refractivity contribution in [3.8, 4) is 5.75 Å². The summed E-state index contributed by atoms with van der Waals surface area (Å²) in [7, 11) is 1.22. The summed E-state index contributed by atoms with van der Waals surface area (Å²) in [4.78, 5) is 36.7. The number of carbonyl (C=O) groups excluding carboxylic acids is 3. The Morgan fingerprint density at radius 2 is 1.94 bits per heavy atom. The highest BCUT2D eigenvalue weighted by molar-refractivity contribution is 7.99. The molecule has 3 rings (SSSR count). The third-order valence-electron chi connectivity index (χ3n) is 4.84. The number of ether oxygens (including phenoxy) is 2. The molecule has 0 atom stereocenters. The van der Waals surface area contributed by atoms with Gasteiger partial charge in [0.25, 0.3) is 5.91 Å². The van der Waals surface area contributed by atoms with Gasteiger partial charge in [-0.05, 0) is 31.5 Å². The first kappa shape index (κ1) is 26.0. The lowest BCUT2D eigenvalue weighted by Crippen LogP contribution is -2.16. The molecule has 3 N–H and O–H groups in total. The molecule has 2 aromatic heterocycles.